The molecule has 1 aromatic rings. The van der Waals surface area contributed by atoms with Gasteiger partial charge in [-0.15, -0.1) is 0 Å². The van der Waals surface area contributed by atoms with E-state index in [0.29, 0.717) is 41.0 Å². The van der Waals surface area contributed by atoms with E-state index in [1.54, 1.807) is 7.11 Å². The third-order valence-electron chi connectivity index (χ3n) is 5.25. The number of amides is 2. The van der Waals surface area contributed by atoms with E-state index in [1.165, 1.54) is 4.90 Å². The first-order chi connectivity index (χ1) is 12.8. The van der Waals surface area contributed by atoms with Gasteiger partial charge in [0.25, 0.3) is 11.8 Å². The third-order valence-corrected chi connectivity index (χ3v) is 5.25. The zero-order valence-electron chi connectivity index (χ0n) is 17.0. The zero-order valence-corrected chi connectivity index (χ0v) is 17.0. The van der Waals surface area contributed by atoms with Gasteiger partial charge in [0.1, 0.15) is 11.4 Å². The summed E-state index contributed by atoms with van der Waals surface area (Å²) in [5, 5.41) is 0. The van der Waals surface area contributed by atoms with Crippen LogP contribution in [0.25, 0.3) is 5.57 Å². The van der Waals surface area contributed by atoms with E-state index >= 15 is 0 Å². The maximum Gasteiger partial charge on any atom is 0.277 e. The number of ether oxygens (including phenoxy) is 1. The molecule has 0 radical (unpaired) electrons. The molecule has 2 aliphatic heterocycles. The fraction of sp³-hybridized carbons (Fsp3) is 0.545. The van der Waals surface area contributed by atoms with Gasteiger partial charge in [-0.05, 0) is 30.2 Å². The molecule has 2 aliphatic rings. The molecule has 2 atom stereocenters. The molecule has 27 heavy (non-hydrogen) atoms. The first kappa shape index (κ1) is 19.5. The summed E-state index contributed by atoms with van der Waals surface area (Å²) >= 11 is 0. The standard InChI is InChI=1S/C22H30N2O3/c1-14(2)11-24-21(25)19(17-8-6-7-9-18(17)27-5)20(22(24)26)23-12-15(3)10-16(4)13-23/h6-9,14-16H,10-13H2,1-5H3. The average molecular weight is 370 g/mol. The molecule has 1 fully saturated rings. The predicted molar refractivity (Wildman–Crippen MR) is 106 cm³/mol. The molecule has 0 N–H and O–H groups in total. The van der Waals surface area contributed by atoms with Crippen molar-refractivity contribution in [3.8, 4) is 5.75 Å². The molecule has 2 amide bonds. The van der Waals surface area contributed by atoms with Gasteiger partial charge in [0.15, 0.2) is 0 Å². The largest absolute Gasteiger partial charge is 0.496 e. The summed E-state index contributed by atoms with van der Waals surface area (Å²) in [6.07, 6.45) is 1.14. The molecular weight excluding hydrogens is 340 g/mol. The molecule has 146 valence electrons. The normalized spacial score (nSPS) is 23.6. The van der Waals surface area contributed by atoms with Gasteiger partial charge >= 0.3 is 0 Å². The number of methoxy groups -OCH3 is 1. The lowest BCUT2D eigenvalue weighted by Gasteiger charge is -2.37. The SMILES string of the molecule is COc1ccccc1C1=C(N2CC(C)CC(C)C2)C(=O)N(CC(C)C)C1=O. The van der Waals surface area contributed by atoms with E-state index in [4.69, 9.17) is 4.74 Å². The Kier molecular flexibility index (Phi) is 5.59. The Labute approximate surface area is 162 Å². The van der Waals surface area contributed by atoms with Crippen LogP contribution < -0.4 is 4.74 Å². The number of hydrogen-bond acceptors (Lipinski definition) is 4. The van der Waals surface area contributed by atoms with Crippen LogP contribution in [0.4, 0.5) is 0 Å². The lowest BCUT2D eigenvalue weighted by molar-refractivity contribution is -0.138. The van der Waals surface area contributed by atoms with Gasteiger partial charge in [0, 0.05) is 25.2 Å². The topological polar surface area (TPSA) is 49.9 Å². The van der Waals surface area contributed by atoms with Crippen molar-refractivity contribution in [3.05, 3.63) is 35.5 Å². The van der Waals surface area contributed by atoms with Crippen molar-refractivity contribution in [3.63, 3.8) is 0 Å². The maximum absolute atomic E-state index is 13.3. The highest BCUT2D eigenvalue weighted by molar-refractivity contribution is 6.36. The molecule has 0 spiro atoms. The first-order valence-electron chi connectivity index (χ1n) is 9.82. The van der Waals surface area contributed by atoms with Crippen molar-refractivity contribution in [1.29, 1.82) is 0 Å². The summed E-state index contributed by atoms with van der Waals surface area (Å²) in [6, 6.07) is 7.47. The van der Waals surface area contributed by atoms with Crippen molar-refractivity contribution in [2.24, 2.45) is 17.8 Å². The van der Waals surface area contributed by atoms with Crippen molar-refractivity contribution < 1.29 is 14.3 Å². The quantitative estimate of drug-likeness (QED) is 0.746. The van der Waals surface area contributed by atoms with Gasteiger partial charge in [0.05, 0.1) is 12.7 Å². The minimum Gasteiger partial charge on any atom is -0.496 e. The van der Waals surface area contributed by atoms with Crippen LogP contribution in [0.15, 0.2) is 30.0 Å². The van der Waals surface area contributed by atoms with Gasteiger partial charge < -0.3 is 9.64 Å². The lowest BCUT2D eigenvalue weighted by Crippen LogP contribution is -2.42. The van der Waals surface area contributed by atoms with Gasteiger partial charge in [-0.25, -0.2) is 0 Å². The zero-order chi connectivity index (χ0) is 19.7. The Morgan fingerprint density at radius 3 is 2.30 bits per heavy atom. The van der Waals surface area contributed by atoms with Gasteiger partial charge in [-0.1, -0.05) is 45.9 Å². The maximum atomic E-state index is 13.3. The monoisotopic (exact) mass is 370 g/mol. The Morgan fingerprint density at radius 1 is 1.07 bits per heavy atom. The summed E-state index contributed by atoms with van der Waals surface area (Å²) in [5.74, 6) is 1.44. The van der Waals surface area contributed by atoms with Crippen molar-refractivity contribution in [1.82, 2.24) is 9.80 Å². The number of nitrogens with zero attached hydrogens (tertiary/aromatic N) is 2. The highest BCUT2D eigenvalue weighted by Crippen LogP contribution is 2.38. The summed E-state index contributed by atoms with van der Waals surface area (Å²) in [4.78, 5) is 30.1. The van der Waals surface area contributed by atoms with Crippen molar-refractivity contribution in [2.45, 2.75) is 34.1 Å². The second-order valence-electron chi connectivity index (χ2n) is 8.39. The highest BCUT2D eigenvalue weighted by atomic mass is 16.5. The number of carbonyl (C=O) groups is 2. The number of imide groups is 1. The van der Waals surface area contributed by atoms with Crippen molar-refractivity contribution in [2.75, 3.05) is 26.7 Å². The van der Waals surface area contributed by atoms with E-state index in [1.807, 2.05) is 38.1 Å². The smallest absolute Gasteiger partial charge is 0.277 e. The van der Waals surface area contributed by atoms with Crippen LogP contribution in [0.5, 0.6) is 5.75 Å². The fourth-order valence-electron chi connectivity index (χ4n) is 4.33. The van der Waals surface area contributed by atoms with Crippen molar-refractivity contribution >= 4 is 17.4 Å². The molecule has 0 aromatic heterocycles. The summed E-state index contributed by atoms with van der Waals surface area (Å²) < 4.78 is 5.50. The second-order valence-corrected chi connectivity index (χ2v) is 8.39. The number of rotatable bonds is 5. The highest BCUT2D eigenvalue weighted by Gasteiger charge is 2.43. The van der Waals surface area contributed by atoms with E-state index < -0.39 is 0 Å². The Morgan fingerprint density at radius 2 is 1.70 bits per heavy atom. The Hall–Kier alpha value is -2.30. The van der Waals surface area contributed by atoms with E-state index in [2.05, 4.69) is 18.7 Å². The second kappa shape index (κ2) is 7.75. The Bertz CT molecular complexity index is 759. The molecule has 5 nitrogen and oxygen atoms in total. The number of benzene rings is 1. The van der Waals surface area contributed by atoms with E-state index in [9.17, 15) is 9.59 Å². The lowest BCUT2D eigenvalue weighted by atomic mass is 9.91. The average Bonchev–Trinajstić information content (AvgIpc) is 2.85. The summed E-state index contributed by atoms with van der Waals surface area (Å²) in [5.41, 5.74) is 1.73. The van der Waals surface area contributed by atoms with Gasteiger partial charge in [-0.3, -0.25) is 14.5 Å². The first-order valence-corrected chi connectivity index (χ1v) is 9.82. The summed E-state index contributed by atoms with van der Waals surface area (Å²) in [7, 11) is 1.59. The minimum atomic E-state index is -0.209. The van der Waals surface area contributed by atoms with Crippen LogP contribution in [0.2, 0.25) is 0 Å². The molecule has 1 aromatic carbocycles. The van der Waals surface area contributed by atoms with Gasteiger partial charge in [-0.2, -0.15) is 0 Å². The molecule has 3 rings (SSSR count). The molecule has 0 aliphatic carbocycles. The van der Waals surface area contributed by atoms with Crippen LogP contribution >= 0.6 is 0 Å². The minimum absolute atomic E-state index is 0.170. The number of piperidine rings is 1. The molecule has 0 bridgehead atoms. The van der Waals surface area contributed by atoms with Gasteiger partial charge in [0.2, 0.25) is 0 Å². The molecule has 1 saturated heterocycles. The van der Waals surface area contributed by atoms with E-state index in [-0.39, 0.29) is 17.7 Å². The Balaban J connectivity index is 2.13. The van der Waals surface area contributed by atoms with Crippen LogP contribution in [-0.4, -0.2) is 48.4 Å². The summed E-state index contributed by atoms with van der Waals surface area (Å²) in [6.45, 7) is 10.5. The molecular formula is C22H30N2O3. The number of hydrogen-bond donors (Lipinski definition) is 0. The van der Waals surface area contributed by atoms with E-state index in [0.717, 1.165) is 19.5 Å². The van der Waals surface area contributed by atoms with Crippen LogP contribution in [0.1, 0.15) is 39.7 Å². The number of carbonyl (C=O) groups excluding carboxylic acids is 2. The molecule has 2 unspecified atom stereocenters. The predicted octanol–water partition coefficient (Wildman–Crippen LogP) is 3.41. The van der Waals surface area contributed by atoms with Crippen LogP contribution in [-0.2, 0) is 9.59 Å². The molecule has 0 saturated carbocycles. The number of para-hydroxylation sites is 1. The third kappa shape index (κ3) is 3.73. The number of likely N-dealkylation sites (tertiary alicyclic amines) is 1. The molecule has 5 heteroatoms. The van der Waals surface area contributed by atoms with Crippen LogP contribution in [0, 0.1) is 17.8 Å². The molecule has 2 heterocycles. The fourth-order valence-corrected chi connectivity index (χ4v) is 4.33. The van der Waals surface area contributed by atoms with Crippen LogP contribution in [0.3, 0.4) is 0 Å².